The molecular weight excluding hydrogens is 312 g/mol. The van der Waals surface area contributed by atoms with Crippen molar-refractivity contribution in [1.82, 2.24) is 4.98 Å². The molecule has 2 aromatic carbocycles. The monoisotopic (exact) mass is 322 g/mol. The van der Waals surface area contributed by atoms with Gasteiger partial charge in [-0.05, 0) is 36.8 Å². The van der Waals surface area contributed by atoms with E-state index in [2.05, 4.69) is 9.71 Å². The smallest absolute Gasteiger partial charge is 0.262 e. The van der Waals surface area contributed by atoms with Crippen molar-refractivity contribution in [3.8, 4) is 0 Å². The fraction of sp³-hybridized carbons (Fsp3) is 0.0714. The van der Waals surface area contributed by atoms with Gasteiger partial charge >= 0.3 is 0 Å². The summed E-state index contributed by atoms with van der Waals surface area (Å²) in [4.78, 5) is 4.06. The first-order valence-corrected chi connectivity index (χ1v) is 7.94. The Morgan fingerprint density at radius 1 is 1.19 bits per heavy atom. The van der Waals surface area contributed by atoms with Crippen LogP contribution in [0.3, 0.4) is 0 Å². The molecule has 0 radical (unpaired) electrons. The predicted molar refractivity (Wildman–Crippen MR) is 81.0 cm³/mol. The molecular formula is C14H11ClN2O3S. The minimum Gasteiger partial charge on any atom is -0.443 e. The lowest BCUT2D eigenvalue weighted by Crippen LogP contribution is -2.13. The number of nitrogens with zero attached hydrogens (tertiary/aromatic N) is 1. The first kappa shape index (κ1) is 13.9. The van der Waals surface area contributed by atoms with Crippen LogP contribution in [0.1, 0.15) is 5.56 Å². The molecule has 0 aliphatic carbocycles. The summed E-state index contributed by atoms with van der Waals surface area (Å²) >= 11 is 5.90. The van der Waals surface area contributed by atoms with Gasteiger partial charge in [0.2, 0.25) is 0 Å². The summed E-state index contributed by atoms with van der Waals surface area (Å²) in [6, 6.07) is 9.53. The Bertz CT molecular complexity index is 919. The number of nitrogens with one attached hydrogen (secondary N) is 1. The zero-order valence-electron chi connectivity index (χ0n) is 11.0. The van der Waals surface area contributed by atoms with Crippen LogP contribution in [-0.2, 0) is 10.0 Å². The molecule has 3 rings (SSSR count). The molecule has 1 aromatic heterocycles. The van der Waals surface area contributed by atoms with E-state index in [1.54, 1.807) is 31.2 Å². The van der Waals surface area contributed by atoms with Crippen LogP contribution in [0.5, 0.6) is 0 Å². The average Bonchev–Trinajstić information content (AvgIpc) is 2.90. The van der Waals surface area contributed by atoms with Gasteiger partial charge < -0.3 is 4.42 Å². The van der Waals surface area contributed by atoms with Crippen LogP contribution < -0.4 is 4.72 Å². The number of rotatable bonds is 3. The Hall–Kier alpha value is -2.05. The van der Waals surface area contributed by atoms with Crippen LogP contribution in [0.4, 0.5) is 5.69 Å². The van der Waals surface area contributed by atoms with Crippen molar-refractivity contribution in [2.24, 2.45) is 0 Å². The summed E-state index contributed by atoms with van der Waals surface area (Å²) in [7, 11) is -3.72. The summed E-state index contributed by atoms with van der Waals surface area (Å²) in [5.74, 6) is 0. The fourth-order valence-electron chi connectivity index (χ4n) is 1.91. The zero-order chi connectivity index (χ0) is 15.0. The molecule has 0 aliphatic heterocycles. The summed E-state index contributed by atoms with van der Waals surface area (Å²) in [6.45, 7) is 1.80. The Morgan fingerprint density at radius 2 is 2.00 bits per heavy atom. The van der Waals surface area contributed by atoms with Gasteiger partial charge in [-0.25, -0.2) is 13.4 Å². The van der Waals surface area contributed by atoms with Crippen molar-refractivity contribution in [1.29, 1.82) is 0 Å². The number of fused-ring (bicyclic) bond motifs is 1. The molecule has 0 saturated carbocycles. The van der Waals surface area contributed by atoms with E-state index in [9.17, 15) is 8.42 Å². The van der Waals surface area contributed by atoms with Crippen molar-refractivity contribution in [2.75, 3.05) is 4.72 Å². The number of anilines is 1. The van der Waals surface area contributed by atoms with Crippen LogP contribution in [-0.4, -0.2) is 13.4 Å². The van der Waals surface area contributed by atoms with E-state index in [-0.39, 0.29) is 4.90 Å². The van der Waals surface area contributed by atoms with Crippen LogP contribution in [0.25, 0.3) is 11.1 Å². The third kappa shape index (κ3) is 2.72. The first-order chi connectivity index (χ1) is 9.95. The van der Waals surface area contributed by atoms with E-state index in [1.807, 2.05) is 0 Å². The Morgan fingerprint density at radius 3 is 2.81 bits per heavy atom. The molecule has 1 N–H and O–H groups in total. The number of sulfonamides is 1. The van der Waals surface area contributed by atoms with Gasteiger partial charge in [0.05, 0.1) is 10.6 Å². The average molecular weight is 323 g/mol. The van der Waals surface area contributed by atoms with Gasteiger partial charge in [0, 0.05) is 11.1 Å². The number of aryl methyl sites for hydroxylation is 1. The van der Waals surface area contributed by atoms with E-state index in [0.717, 1.165) is 5.56 Å². The molecule has 0 amide bonds. The number of hydrogen-bond acceptors (Lipinski definition) is 4. The molecule has 21 heavy (non-hydrogen) atoms. The molecule has 0 fully saturated rings. The molecule has 0 aliphatic rings. The zero-order valence-corrected chi connectivity index (χ0v) is 12.6. The third-order valence-corrected chi connectivity index (χ3v) is 4.66. The number of hydrogen-bond donors (Lipinski definition) is 1. The maximum absolute atomic E-state index is 12.4. The Labute approximate surface area is 126 Å². The number of benzene rings is 2. The maximum atomic E-state index is 12.4. The van der Waals surface area contributed by atoms with Gasteiger partial charge in [0.15, 0.2) is 12.0 Å². The molecule has 108 valence electrons. The highest BCUT2D eigenvalue weighted by molar-refractivity contribution is 7.92. The second-order valence-electron chi connectivity index (χ2n) is 4.55. The van der Waals surface area contributed by atoms with Crippen molar-refractivity contribution in [3.05, 3.63) is 53.4 Å². The lowest BCUT2D eigenvalue weighted by Gasteiger charge is -2.10. The van der Waals surface area contributed by atoms with Gasteiger partial charge in [-0.2, -0.15) is 0 Å². The summed E-state index contributed by atoms with van der Waals surface area (Å²) in [5.41, 5.74) is 2.25. The van der Waals surface area contributed by atoms with Crippen molar-refractivity contribution >= 4 is 38.4 Å². The fourth-order valence-corrected chi connectivity index (χ4v) is 3.22. The van der Waals surface area contributed by atoms with Crippen LogP contribution >= 0.6 is 11.6 Å². The quantitative estimate of drug-likeness (QED) is 0.799. The van der Waals surface area contributed by atoms with E-state index in [4.69, 9.17) is 16.0 Å². The highest BCUT2D eigenvalue weighted by atomic mass is 35.5. The normalized spacial score (nSPS) is 11.7. The van der Waals surface area contributed by atoms with Gasteiger partial charge in [0.25, 0.3) is 10.0 Å². The minimum absolute atomic E-state index is 0.103. The molecule has 0 atom stereocenters. The number of halogens is 1. The largest absolute Gasteiger partial charge is 0.443 e. The van der Waals surface area contributed by atoms with Gasteiger partial charge in [0.1, 0.15) is 5.52 Å². The van der Waals surface area contributed by atoms with E-state index in [0.29, 0.717) is 21.8 Å². The second kappa shape index (κ2) is 5.05. The first-order valence-electron chi connectivity index (χ1n) is 6.08. The topological polar surface area (TPSA) is 72.2 Å². The molecule has 0 spiro atoms. The highest BCUT2D eigenvalue weighted by Crippen LogP contribution is 2.24. The summed E-state index contributed by atoms with van der Waals surface area (Å²) < 4.78 is 32.5. The summed E-state index contributed by atoms with van der Waals surface area (Å²) in [5, 5.41) is 0.462. The van der Waals surface area contributed by atoms with Crippen molar-refractivity contribution < 1.29 is 12.8 Å². The van der Waals surface area contributed by atoms with E-state index >= 15 is 0 Å². The Balaban J connectivity index is 2.01. The molecule has 3 aromatic rings. The standard InChI is InChI=1S/C14H11ClN2O3S/c1-9-2-3-10(15)6-13(9)17-21(18,19)11-4-5-12-14(7-11)20-8-16-12/h2-8,17H,1H3. The SMILES string of the molecule is Cc1ccc(Cl)cc1NS(=O)(=O)c1ccc2ncoc2c1. The van der Waals surface area contributed by atoms with Crippen molar-refractivity contribution in [3.63, 3.8) is 0 Å². The van der Waals surface area contributed by atoms with Gasteiger partial charge in [-0.15, -0.1) is 0 Å². The number of oxazole rings is 1. The number of aromatic nitrogens is 1. The van der Waals surface area contributed by atoms with Crippen LogP contribution in [0, 0.1) is 6.92 Å². The van der Waals surface area contributed by atoms with Crippen molar-refractivity contribution in [2.45, 2.75) is 11.8 Å². The lowest BCUT2D eigenvalue weighted by atomic mass is 10.2. The molecule has 0 unspecified atom stereocenters. The van der Waals surface area contributed by atoms with Gasteiger partial charge in [-0.3, -0.25) is 4.72 Å². The van der Waals surface area contributed by atoms with E-state index < -0.39 is 10.0 Å². The summed E-state index contributed by atoms with van der Waals surface area (Å²) in [6.07, 6.45) is 1.27. The molecule has 5 nitrogen and oxygen atoms in total. The lowest BCUT2D eigenvalue weighted by molar-refractivity contribution is 0.594. The van der Waals surface area contributed by atoms with Crippen LogP contribution in [0.2, 0.25) is 5.02 Å². The molecule has 0 saturated heterocycles. The molecule has 7 heteroatoms. The third-order valence-electron chi connectivity index (χ3n) is 3.06. The second-order valence-corrected chi connectivity index (χ2v) is 6.67. The predicted octanol–water partition coefficient (Wildman–Crippen LogP) is 3.59. The van der Waals surface area contributed by atoms with Gasteiger partial charge in [-0.1, -0.05) is 17.7 Å². The van der Waals surface area contributed by atoms with E-state index in [1.165, 1.54) is 18.5 Å². The highest BCUT2D eigenvalue weighted by Gasteiger charge is 2.17. The Kier molecular flexibility index (Phi) is 3.35. The molecule has 1 heterocycles. The van der Waals surface area contributed by atoms with Crippen LogP contribution in [0.15, 0.2) is 52.1 Å². The minimum atomic E-state index is -3.72. The molecule has 0 bridgehead atoms. The maximum Gasteiger partial charge on any atom is 0.262 e.